The molecule has 0 aromatic rings. The summed E-state index contributed by atoms with van der Waals surface area (Å²) in [6.07, 6.45) is 6.23. The van der Waals surface area contributed by atoms with E-state index in [1.54, 1.807) is 0 Å². The van der Waals surface area contributed by atoms with E-state index in [1.807, 2.05) is 0 Å². The summed E-state index contributed by atoms with van der Waals surface area (Å²) in [6.45, 7) is 9.18. The molecule has 0 heterocycles. The van der Waals surface area contributed by atoms with Crippen molar-refractivity contribution in [2.75, 3.05) is 6.61 Å². The highest BCUT2D eigenvalue weighted by atomic mass is 16.3. The van der Waals surface area contributed by atoms with Crippen LogP contribution in [0.1, 0.15) is 59.8 Å². The fourth-order valence-corrected chi connectivity index (χ4v) is 2.50. The van der Waals surface area contributed by atoms with Crippen LogP contribution in [0.4, 0.5) is 0 Å². The Morgan fingerprint density at radius 3 is 2.38 bits per heavy atom. The average Bonchev–Trinajstić information content (AvgIpc) is 2.29. The van der Waals surface area contributed by atoms with Crippen molar-refractivity contribution in [1.82, 2.24) is 0 Å². The molecule has 1 nitrogen and oxygen atoms in total. The molecular weight excluding hydrogens is 196 g/mol. The van der Waals surface area contributed by atoms with Crippen molar-refractivity contribution in [2.45, 2.75) is 59.8 Å². The van der Waals surface area contributed by atoms with E-state index in [4.69, 9.17) is 0 Å². The van der Waals surface area contributed by atoms with E-state index in [-0.39, 0.29) is 6.61 Å². The lowest BCUT2D eigenvalue weighted by Gasteiger charge is -2.20. The van der Waals surface area contributed by atoms with Crippen LogP contribution >= 0.6 is 0 Å². The predicted octanol–water partition coefficient (Wildman–Crippen LogP) is 4.23. The fourth-order valence-electron chi connectivity index (χ4n) is 2.50. The van der Waals surface area contributed by atoms with Gasteiger partial charge in [-0.15, -0.1) is 0 Å². The molecule has 0 aromatic carbocycles. The highest BCUT2D eigenvalue weighted by Gasteiger charge is 2.12. The SMILES string of the molecule is CC1=C(CO)CCCCCC(C)C(C)=C1C. The van der Waals surface area contributed by atoms with Gasteiger partial charge >= 0.3 is 0 Å². The Kier molecular flexibility index (Phi) is 5.27. The zero-order valence-corrected chi connectivity index (χ0v) is 11.3. The Bertz CT molecular complexity index is 285. The molecule has 1 unspecified atom stereocenters. The first kappa shape index (κ1) is 13.5. The van der Waals surface area contributed by atoms with E-state index in [0.29, 0.717) is 5.92 Å². The maximum absolute atomic E-state index is 9.43. The van der Waals surface area contributed by atoms with Crippen LogP contribution in [-0.2, 0) is 0 Å². The molecule has 1 heteroatoms. The Balaban J connectivity index is 3.07. The van der Waals surface area contributed by atoms with Gasteiger partial charge in [0.15, 0.2) is 0 Å². The van der Waals surface area contributed by atoms with Crippen molar-refractivity contribution in [3.8, 4) is 0 Å². The first-order valence-electron chi connectivity index (χ1n) is 6.55. The summed E-state index contributed by atoms with van der Waals surface area (Å²) in [5, 5.41) is 9.43. The molecule has 1 N–H and O–H groups in total. The molecule has 1 aliphatic carbocycles. The molecule has 92 valence electrons. The van der Waals surface area contributed by atoms with E-state index in [2.05, 4.69) is 27.7 Å². The van der Waals surface area contributed by atoms with Crippen molar-refractivity contribution < 1.29 is 5.11 Å². The number of aliphatic hydroxyl groups excluding tert-OH is 1. The average molecular weight is 222 g/mol. The van der Waals surface area contributed by atoms with E-state index in [0.717, 1.165) is 6.42 Å². The minimum atomic E-state index is 0.227. The molecule has 0 radical (unpaired) electrons. The standard InChI is InChI=1S/C15H26O/c1-11-8-6-5-7-9-15(10-16)14(4)13(3)12(11)2/h11,16H,5-10H2,1-4H3. The lowest BCUT2D eigenvalue weighted by atomic mass is 9.86. The topological polar surface area (TPSA) is 20.2 Å². The van der Waals surface area contributed by atoms with Crippen molar-refractivity contribution in [3.05, 3.63) is 22.3 Å². The summed E-state index contributed by atoms with van der Waals surface area (Å²) < 4.78 is 0. The van der Waals surface area contributed by atoms with Crippen molar-refractivity contribution in [2.24, 2.45) is 5.92 Å². The molecule has 0 fully saturated rings. The molecule has 0 aliphatic heterocycles. The van der Waals surface area contributed by atoms with Crippen LogP contribution in [0.5, 0.6) is 0 Å². The van der Waals surface area contributed by atoms with Crippen LogP contribution in [0.25, 0.3) is 0 Å². The molecule has 16 heavy (non-hydrogen) atoms. The fraction of sp³-hybridized carbons (Fsp3) is 0.733. The summed E-state index contributed by atoms with van der Waals surface area (Å²) >= 11 is 0. The monoisotopic (exact) mass is 222 g/mol. The van der Waals surface area contributed by atoms with Gasteiger partial charge in [-0.25, -0.2) is 0 Å². The largest absolute Gasteiger partial charge is 0.392 e. The molecule has 1 atom stereocenters. The smallest absolute Gasteiger partial charge is 0.0647 e. The van der Waals surface area contributed by atoms with Gasteiger partial charge in [-0.3, -0.25) is 0 Å². The second kappa shape index (κ2) is 6.24. The summed E-state index contributed by atoms with van der Waals surface area (Å²) in [6, 6.07) is 0. The molecular formula is C15H26O. The molecule has 0 saturated carbocycles. The molecule has 1 rings (SSSR count). The van der Waals surface area contributed by atoms with Gasteiger partial charge < -0.3 is 5.11 Å². The zero-order chi connectivity index (χ0) is 12.1. The van der Waals surface area contributed by atoms with Gasteiger partial charge in [-0.1, -0.05) is 25.3 Å². The maximum Gasteiger partial charge on any atom is 0.0647 e. The molecule has 0 spiro atoms. The van der Waals surface area contributed by atoms with Gasteiger partial charge in [-0.2, -0.15) is 0 Å². The van der Waals surface area contributed by atoms with E-state index >= 15 is 0 Å². The van der Waals surface area contributed by atoms with Gasteiger partial charge in [0.2, 0.25) is 0 Å². The van der Waals surface area contributed by atoms with E-state index in [1.165, 1.54) is 48.0 Å². The van der Waals surface area contributed by atoms with Gasteiger partial charge in [0.05, 0.1) is 6.61 Å². The zero-order valence-electron chi connectivity index (χ0n) is 11.3. The lowest BCUT2D eigenvalue weighted by molar-refractivity contribution is 0.323. The van der Waals surface area contributed by atoms with Gasteiger partial charge in [0.1, 0.15) is 0 Å². The van der Waals surface area contributed by atoms with Crippen molar-refractivity contribution in [1.29, 1.82) is 0 Å². The number of allylic oxidation sites excluding steroid dienone is 3. The van der Waals surface area contributed by atoms with Crippen LogP contribution in [0.2, 0.25) is 0 Å². The van der Waals surface area contributed by atoms with Gasteiger partial charge in [0.25, 0.3) is 0 Å². The molecule has 0 saturated heterocycles. The third-order valence-corrected chi connectivity index (χ3v) is 4.23. The van der Waals surface area contributed by atoms with Gasteiger partial charge in [0, 0.05) is 0 Å². The predicted molar refractivity (Wildman–Crippen MR) is 70.4 cm³/mol. The van der Waals surface area contributed by atoms with E-state index in [9.17, 15) is 5.11 Å². The Hall–Kier alpha value is -0.560. The highest BCUT2D eigenvalue weighted by molar-refractivity contribution is 5.36. The van der Waals surface area contributed by atoms with Crippen LogP contribution in [0.3, 0.4) is 0 Å². The lowest BCUT2D eigenvalue weighted by Crippen LogP contribution is -2.05. The first-order chi connectivity index (χ1) is 7.57. The maximum atomic E-state index is 9.43. The minimum absolute atomic E-state index is 0.227. The molecule has 0 bridgehead atoms. The Morgan fingerprint density at radius 1 is 1.06 bits per heavy atom. The summed E-state index contributed by atoms with van der Waals surface area (Å²) in [5.74, 6) is 0.688. The third-order valence-electron chi connectivity index (χ3n) is 4.23. The quantitative estimate of drug-likeness (QED) is 0.704. The number of rotatable bonds is 1. The van der Waals surface area contributed by atoms with Crippen molar-refractivity contribution >= 4 is 0 Å². The molecule has 0 amide bonds. The summed E-state index contributed by atoms with van der Waals surface area (Å²) in [7, 11) is 0. The van der Waals surface area contributed by atoms with Crippen LogP contribution in [0, 0.1) is 5.92 Å². The van der Waals surface area contributed by atoms with Crippen LogP contribution in [-0.4, -0.2) is 11.7 Å². The third kappa shape index (κ3) is 3.21. The van der Waals surface area contributed by atoms with Crippen molar-refractivity contribution in [3.63, 3.8) is 0 Å². The first-order valence-corrected chi connectivity index (χ1v) is 6.55. The molecule has 0 aromatic heterocycles. The van der Waals surface area contributed by atoms with Gasteiger partial charge in [-0.05, 0) is 62.7 Å². The Labute approximate surface area is 100 Å². The summed E-state index contributed by atoms with van der Waals surface area (Å²) in [5.41, 5.74) is 5.48. The number of aliphatic hydroxyl groups is 1. The Morgan fingerprint density at radius 2 is 1.75 bits per heavy atom. The van der Waals surface area contributed by atoms with Crippen LogP contribution < -0.4 is 0 Å². The second-order valence-electron chi connectivity index (χ2n) is 5.20. The number of hydrogen-bond acceptors (Lipinski definition) is 1. The van der Waals surface area contributed by atoms with E-state index < -0.39 is 0 Å². The van der Waals surface area contributed by atoms with Crippen LogP contribution in [0.15, 0.2) is 22.3 Å². The minimum Gasteiger partial charge on any atom is -0.392 e. The highest BCUT2D eigenvalue weighted by Crippen LogP contribution is 2.29. The second-order valence-corrected chi connectivity index (χ2v) is 5.20. The number of hydrogen-bond donors (Lipinski definition) is 1. The summed E-state index contributed by atoms with van der Waals surface area (Å²) in [4.78, 5) is 0. The molecule has 1 aliphatic rings. The normalized spacial score (nSPS) is 24.9.